The minimum atomic E-state index is -0.0707. The zero-order valence-electron chi connectivity index (χ0n) is 9.55. The van der Waals surface area contributed by atoms with Gasteiger partial charge in [-0.1, -0.05) is 24.3 Å². The quantitative estimate of drug-likeness (QED) is 0.787. The molecule has 4 heteroatoms. The van der Waals surface area contributed by atoms with Crippen molar-refractivity contribution in [2.45, 2.75) is 16.6 Å². The van der Waals surface area contributed by atoms with Gasteiger partial charge in [0.15, 0.2) is 0 Å². The zero-order chi connectivity index (χ0) is 12.5. The van der Waals surface area contributed by atoms with E-state index in [1.807, 2.05) is 18.2 Å². The van der Waals surface area contributed by atoms with Crippen LogP contribution in [0.3, 0.4) is 0 Å². The molecule has 1 amide bonds. The first-order valence-electron chi connectivity index (χ1n) is 5.72. The summed E-state index contributed by atoms with van der Waals surface area (Å²) < 4.78 is 0. The molecule has 1 aromatic carbocycles. The van der Waals surface area contributed by atoms with E-state index in [4.69, 9.17) is 0 Å². The largest absolute Gasteiger partial charge is 0.321 e. The van der Waals surface area contributed by atoms with Crippen molar-refractivity contribution in [2.24, 2.45) is 0 Å². The lowest BCUT2D eigenvalue weighted by Crippen LogP contribution is -2.20. The number of allylic oxidation sites excluding steroid dienone is 3. The lowest BCUT2D eigenvalue weighted by molar-refractivity contribution is -0.112. The first-order chi connectivity index (χ1) is 8.78. The molecule has 0 spiro atoms. The Morgan fingerprint density at radius 1 is 1.39 bits per heavy atom. The van der Waals surface area contributed by atoms with Crippen LogP contribution < -0.4 is 5.32 Å². The fourth-order valence-corrected chi connectivity index (χ4v) is 3.32. The highest BCUT2D eigenvalue weighted by atomic mass is 32.2. The Hall–Kier alpha value is -1.81. The Morgan fingerprint density at radius 3 is 3.11 bits per heavy atom. The van der Waals surface area contributed by atoms with E-state index in [9.17, 15) is 9.59 Å². The average Bonchev–Trinajstić information content (AvgIpc) is 2.54. The molecular weight excluding hydrogens is 246 g/mol. The summed E-state index contributed by atoms with van der Waals surface area (Å²) >= 11 is 1.67. The van der Waals surface area contributed by atoms with Gasteiger partial charge in [0, 0.05) is 21.3 Å². The van der Waals surface area contributed by atoms with Crippen molar-refractivity contribution in [3.8, 4) is 0 Å². The maximum atomic E-state index is 12.1. The first-order valence-corrected chi connectivity index (χ1v) is 6.60. The Labute approximate surface area is 109 Å². The molecule has 1 heterocycles. The summed E-state index contributed by atoms with van der Waals surface area (Å²) in [7, 11) is 0. The minimum Gasteiger partial charge on any atom is -0.321 e. The number of nitrogens with one attached hydrogen (secondary N) is 1. The van der Waals surface area contributed by atoms with E-state index in [2.05, 4.69) is 11.4 Å². The van der Waals surface area contributed by atoms with Gasteiger partial charge in [-0.25, -0.2) is 0 Å². The van der Waals surface area contributed by atoms with Crippen LogP contribution in [0.4, 0.5) is 5.69 Å². The summed E-state index contributed by atoms with van der Waals surface area (Å²) in [6.07, 6.45) is 7.50. The molecule has 1 atom stereocenters. The van der Waals surface area contributed by atoms with E-state index >= 15 is 0 Å². The highest BCUT2D eigenvalue weighted by molar-refractivity contribution is 8.00. The standard InChI is InChI=1S/C14H11NO2S/c16-8-9-5-6-13-11(7-9)15-14(17)10-3-1-2-4-12(10)18-13/h1-3,5-8,12H,4H2,(H,15,17). The second-order valence-electron chi connectivity index (χ2n) is 4.22. The molecule has 2 aliphatic rings. The van der Waals surface area contributed by atoms with Gasteiger partial charge in [-0.15, -0.1) is 11.8 Å². The number of amides is 1. The van der Waals surface area contributed by atoms with Crippen molar-refractivity contribution in [1.82, 2.24) is 0 Å². The molecule has 18 heavy (non-hydrogen) atoms. The SMILES string of the molecule is O=Cc1ccc2c(c1)NC(=O)C1=CC=CCC1S2. The Balaban J connectivity index is 2.05. The van der Waals surface area contributed by atoms with E-state index in [1.165, 1.54) is 0 Å². The van der Waals surface area contributed by atoms with E-state index in [1.54, 1.807) is 23.9 Å². The molecular formula is C14H11NO2S. The van der Waals surface area contributed by atoms with Crippen LogP contribution in [0, 0.1) is 0 Å². The molecule has 0 bridgehead atoms. The number of carbonyl (C=O) groups excluding carboxylic acids is 2. The van der Waals surface area contributed by atoms with E-state index in [0.717, 1.165) is 28.9 Å². The second-order valence-corrected chi connectivity index (χ2v) is 5.46. The summed E-state index contributed by atoms with van der Waals surface area (Å²) in [5.74, 6) is -0.0707. The Morgan fingerprint density at radius 2 is 2.28 bits per heavy atom. The van der Waals surface area contributed by atoms with E-state index in [-0.39, 0.29) is 11.2 Å². The van der Waals surface area contributed by atoms with Gasteiger partial charge in [0.2, 0.25) is 0 Å². The van der Waals surface area contributed by atoms with Gasteiger partial charge in [-0.2, -0.15) is 0 Å². The summed E-state index contributed by atoms with van der Waals surface area (Å²) in [6, 6.07) is 5.39. The lowest BCUT2D eigenvalue weighted by Gasteiger charge is -2.16. The number of aldehydes is 1. The smallest absolute Gasteiger partial charge is 0.252 e. The topological polar surface area (TPSA) is 46.2 Å². The van der Waals surface area contributed by atoms with Crippen LogP contribution in [-0.2, 0) is 4.79 Å². The Kier molecular flexibility index (Phi) is 2.80. The van der Waals surface area contributed by atoms with E-state index in [0.29, 0.717) is 5.56 Å². The van der Waals surface area contributed by atoms with Gasteiger partial charge in [-0.05, 0) is 18.6 Å². The predicted octanol–water partition coefficient (Wildman–Crippen LogP) is 2.80. The van der Waals surface area contributed by atoms with Crippen molar-refractivity contribution in [3.05, 3.63) is 47.6 Å². The number of hydrogen-bond donors (Lipinski definition) is 1. The predicted molar refractivity (Wildman–Crippen MR) is 71.9 cm³/mol. The van der Waals surface area contributed by atoms with Crippen LogP contribution >= 0.6 is 11.8 Å². The minimum absolute atomic E-state index is 0.0707. The van der Waals surface area contributed by atoms with Crippen LogP contribution in [0.25, 0.3) is 0 Å². The highest BCUT2D eigenvalue weighted by Gasteiger charge is 2.27. The first kappa shape index (κ1) is 11.3. The number of hydrogen-bond acceptors (Lipinski definition) is 3. The van der Waals surface area contributed by atoms with Gasteiger partial charge in [0.25, 0.3) is 5.91 Å². The van der Waals surface area contributed by atoms with Crippen molar-refractivity contribution in [2.75, 3.05) is 5.32 Å². The number of benzene rings is 1. The third-order valence-corrected chi connectivity index (χ3v) is 4.37. The summed E-state index contributed by atoms with van der Waals surface area (Å²) in [4.78, 5) is 23.9. The van der Waals surface area contributed by atoms with Crippen molar-refractivity contribution in [1.29, 1.82) is 0 Å². The number of anilines is 1. The van der Waals surface area contributed by atoms with Gasteiger partial charge < -0.3 is 5.32 Å². The summed E-state index contributed by atoms with van der Waals surface area (Å²) in [6.45, 7) is 0. The maximum absolute atomic E-state index is 12.1. The summed E-state index contributed by atoms with van der Waals surface area (Å²) in [5.41, 5.74) is 2.10. The number of thioether (sulfide) groups is 1. The molecule has 1 N–H and O–H groups in total. The molecule has 3 rings (SSSR count). The van der Waals surface area contributed by atoms with Crippen LogP contribution in [-0.4, -0.2) is 17.4 Å². The van der Waals surface area contributed by atoms with Gasteiger partial charge >= 0.3 is 0 Å². The number of carbonyl (C=O) groups is 2. The molecule has 1 aliphatic carbocycles. The highest BCUT2D eigenvalue weighted by Crippen LogP contribution is 2.40. The van der Waals surface area contributed by atoms with Crippen molar-refractivity contribution in [3.63, 3.8) is 0 Å². The monoisotopic (exact) mass is 257 g/mol. The van der Waals surface area contributed by atoms with Crippen molar-refractivity contribution >= 4 is 29.6 Å². The maximum Gasteiger partial charge on any atom is 0.252 e. The molecule has 0 fully saturated rings. The molecule has 0 saturated carbocycles. The fourth-order valence-electron chi connectivity index (χ4n) is 2.11. The number of rotatable bonds is 1. The third-order valence-electron chi connectivity index (χ3n) is 3.03. The summed E-state index contributed by atoms with van der Waals surface area (Å²) in [5, 5.41) is 3.04. The Bertz CT molecular complexity index is 589. The molecule has 1 unspecified atom stereocenters. The second kappa shape index (κ2) is 4.46. The van der Waals surface area contributed by atoms with Crippen LogP contribution in [0.1, 0.15) is 16.8 Å². The van der Waals surface area contributed by atoms with Crippen molar-refractivity contribution < 1.29 is 9.59 Å². The fraction of sp³-hybridized carbons (Fsp3) is 0.143. The zero-order valence-corrected chi connectivity index (χ0v) is 10.4. The molecule has 0 radical (unpaired) electrons. The third kappa shape index (κ3) is 1.88. The van der Waals surface area contributed by atoms with Crippen LogP contribution in [0.15, 0.2) is 46.9 Å². The van der Waals surface area contributed by atoms with Crippen LogP contribution in [0.2, 0.25) is 0 Å². The lowest BCUT2D eigenvalue weighted by atomic mass is 10.0. The van der Waals surface area contributed by atoms with Crippen LogP contribution in [0.5, 0.6) is 0 Å². The van der Waals surface area contributed by atoms with Gasteiger partial charge in [-0.3, -0.25) is 9.59 Å². The molecule has 3 nitrogen and oxygen atoms in total. The molecule has 0 saturated heterocycles. The van der Waals surface area contributed by atoms with Gasteiger partial charge in [0.1, 0.15) is 6.29 Å². The van der Waals surface area contributed by atoms with Gasteiger partial charge in [0.05, 0.1) is 5.69 Å². The molecule has 1 aromatic rings. The average molecular weight is 257 g/mol. The molecule has 90 valence electrons. The van der Waals surface area contributed by atoms with E-state index < -0.39 is 0 Å². The molecule has 0 aromatic heterocycles. The number of fused-ring (bicyclic) bond motifs is 2. The normalized spacial score (nSPS) is 21.2. The molecule has 1 aliphatic heterocycles.